The van der Waals surface area contributed by atoms with Gasteiger partial charge in [-0.2, -0.15) is 0 Å². The fourth-order valence-corrected chi connectivity index (χ4v) is 2.56. The third-order valence-corrected chi connectivity index (χ3v) is 3.64. The van der Waals surface area contributed by atoms with Crippen LogP contribution in [0.4, 0.5) is 0 Å². The van der Waals surface area contributed by atoms with Gasteiger partial charge >= 0.3 is 5.97 Å². The lowest BCUT2D eigenvalue weighted by atomic mass is 9.89. The summed E-state index contributed by atoms with van der Waals surface area (Å²) < 4.78 is 5.22. The zero-order valence-corrected chi connectivity index (χ0v) is 12.3. The van der Waals surface area contributed by atoms with Crippen molar-refractivity contribution in [2.24, 2.45) is 0 Å². The number of carbonyl (C=O) groups is 1. The Morgan fingerprint density at radius 1 is 1.10 bits per heavy atom. The molecule has 2 nitrogen and oxygen atoms in total. The molecule has 2 heteroatoms. The first-order valence-corrected chi connectivity index (χ1v) is 7.39. The van der Waals surface area contributed by atoms with E-state index in [0.717, 1.165) is 12.8 Å². The highest BCUT2D eigenvalue weighted by molar-refractivity contribution is 5.86. The van der Waals surface area contributed by atoms with E-state index in [4.69, 9.17) is 4.74 Å². The van der Waals surface area contributed by atoms with Gasteiger partial charge in [0.15, 0.2) is 0 Å². The number of carbonyl (C=O) groups excluding carboxylic acids is 1. The molecule has 0 saturated carbocycles. The lowest BCUT2D eigenvalue weighted by Gasteiger charge is -2.17. The minimum absolute atomic E-state index is 0.0911. The van der Waals surface area contributed by atoms with Gasteiger partial charge in [0.1, 0.15) is 0 Å². The van der Waals surface area contributed by atoms with Gasteiger partial charge in [0, 0.05) is 0 Å². The van der Waals surface area contributed by atoms with E-state index < -0.39 is 0 Å². The number of ether oxygens (including phenoxy) is 1. The predicted octanol–water partition coefficient (Wildman–Crippen LogP) is 4.68. The minimum atomic E-state index is -0.0911. The Hall–Kier alpha value is -1.83. The van der Waals surface area contributed by atoms with E-state index in [0.29, 0.717) is 13.0 Å². The molecule has 2 aromatic rings. The Bertz CT molecular complexity index is 569. The third-order valence-electron chi connectivity index (χ3n) is 3.64. The van der Waals surface area contributed by atoms with Crippen molar-refractivity contribution in [1.82, 2.24) is 0 Å². The SMILES string of the molecule is CCCOC(=O)CC(CC)c1cccc2ccccc12. The van der Waals surface area contributed by atoms with E-state index in [2.05, 4.69) is 37.3 Å². The number of rotatable bonds is 6. The molecule has 106 valence electrons. The molecule has 0 aliphatic heterocycles. The molecule has 20 heavy (non-hydrogen) atoms. The lowest BCUT2D eigenvalue weighted by Crippen LogP contribution is -2.11. The summed E-state index contributed by atoms with van der Waals surface area (Å²) in [5.41, 5.74) is 1.25. The molecule has 0 aliphatic carbocycles. The maximum absolute atomic E-state index is 11.9. The number of fused-ring (bicyclic) bond motifs is 1. The van der Waals surface area contributed by atoms with E-state index in [1.807, 2.05) is 19.1 Å². The third kappa shape index (κ3) is 3.38. The summed E-state index contributed by atoms with van der Waals surface area (Å²) in [6.45, 7) is 4.65. The van der Waals surface area contributed by atoms with Gasteiger partial charge in [-0.15, -0.1) is 0 Å². The van der Waals surface area contributed by atoms with Crippen LogP contribution in [0.2, 0.25) is 0 Å². The maximum atomic E-state index is 11.9. The summed E-state index contributed by atoms with van der Waals surface area (Å²) in [5, 5.41) is 2.47. The number of benzene rings is 2. The Balaban J connectivity index is 2.23. The Morgan fingerprint density at radius 3 is 2.60 bits per heavy atom. The molecule has 1 atom stereocenters. The largest absolute Gasteiger partial charge is 0.466 e. The highest BCUT2D eigenvalue weighted by Crippen LogP contribution is 2.30. The summed E-state index contributed by atoms with van der Waals surface area (Å²) in [6, 6.07) is 14.6. The van der Waals surface area contributed by atoms with Crippen LogP contribution in [0.5, 0.6) is 0 Å². The molecule has 0 N–H and O–H groups in total. The van der Waals surface area contributed by atoms with Crippen molar-refractivity contribution in [2.45, 2.75) is 39.0 Å². The van der Waals surface area contributed by atoms with Crippen molar-refractivity contribution in [3.63, 3.8) is 0 Å². The molecule has 0 radical (unpaired) electrons. The molecule has 0 spiro atoms. The second kappa shape index (κ2) is 7.09. The molecule has 0 amide bonds. The van der Waals surface area contributed by atoms with Crippen LogP contribution in [0.25, 0.3) is 10.8 Å². The van der Waals surface area contributed by atoms with E-state index in [1.165, 1.54) is 16.3 Å². The first kappa shape index (κ1) is 14.6. The number of hydrogen-bond acceptors (Lipinski definition) is 2. The van der Waals surface area contributed by atoms with Crippen molar-refractivity contribution in [3.8, 4) is 0 Å². The van der Waals surface area contributed by atoms with Crippen LogP contribution in [0.1, 0.15) is 44.6 Å². The molecule has 0 aromatic heterocycles. The standard InChI is InChI=1S/C18H22O2/c1-3-12-20-18(19)13-14(4-2)16-11-7-9-15-8-5-6-10-17(15)16/h5-11,14H,3-4,12-13H2,1-2H3. The first-order valence-electron chi connectivity index (χ1n) is 7.39. The van der Waals surface area contributed by atoms with Crippen LogP contribution in [0, 0.1) is 0 Å². The van der Waals surface area contributed by atoms with Gasteiger partial charge in [-0.25, -0.2) is 0 Å². The quantitative estimate of drug-likeness (QED) is 0.713. The monoisotopic (exact) mass is 270 g/mol. The van der Waals surface area contributed by atoms with Crippen LogP contribution < -0.4 is 0 Å². The molecular formula is C18H22O2. The van der Waals surface area contributed by atoms with E-state index in [9.17, 15) is 4.79 Å². The smallest absolute Gasteiger partial charge is 0.306 e. The van der Waals surface area contributed by atoms with Crippen LogP contribution in [-0.2, 0) is 9.53 Å². The molecule has 0 bridgehead atoms. The zero-order valence-electron chi connectivity index (χ0n) is 12.3. The average Bonchev–Trinajstić information content (AvgIpc) is 2.50. The van der Waals surface area contributed by atoms with Gasteiger partial charge in [-0.1, -0.05) is 56.3 Å². The molecular weight excluding hydrogens is 248 g/mol. The van der Waals surface area contributed by atoms with E-state index >= 15 is 0 Å². The highest BCUT2D eigenvalue weighted by atomic mass is 16.5. The minimum Gasteiger partial charge on any atom is -0.466 e. The van der Waals surface area contributed by atoms with Crippen LogP contribution in [0.3, 0.4) is 0 Å². The molecule has 0 fully saturated rings. The number of hydrogen-bond donors (Lipinski definition) is 0. The van der Waals surface area contributed by atoms with Crippen molar-refractivity contribution in [2.75, 3.05) is 6.61 Å². The second-order valence-corrected chi connectivity index (χ2v) is 5.10. The molecule has 2 rings (SSSR count). The summed E-state index contributed by atoms with van der Waals surface area (Å²) in [5.74, 6) is 0.136. The second-order valence-electron chi connectivity index (χ2n) is 5.10. The van der Waals surface area contributed by atoms with E-state index in [-0.39, 0.29) is 11.9 Å². The lowest BCUT2D eigenvalue weighted by molar-refractivity contribution is -0.144. The van der Waals surface area contributed by atoms with Crippen LogP contribution >= 0.6 is 0 Å². The molecule has 1 unspecified atom stereocenters. The van der Waals surface area contributed by atoms with E-state index in [1.54, 1.807) is 0 Å². The summed E-state index contributed by atoms with van der Waals surface area (Å²) in [6.07, 6.45) is 2.27. The summed E-state index contributed by atoms with van der Waals surface area (Å²) in [7, 11) is 0. The fourth-order valence-electron chi connectivity index (χ4n) is 2.56. The normalized spacial score (nSPS) is 12.3. The van der Waals surface area contributed by atoms with Gasteiger partial charge in [0.05, 0.1) is 13.0 Å². The van der Waals surface area contributed by atoms with Gasteiger partial charge in [0.25, 0.3) is 0 Å². The van der Waals surface area contributed by atoms with Crippen LogP contribution in [-0.4, -0.2) is 12.6 Å². The topological polar surface area (TPSA) is 26.3 Å². The maximum Gasteiger partial charge on any atom is 0.306 e. The average molecular weight is 270 g/mol. The molecule has 0 aliphatic rings. The molecule has 0 saturated heterocycles. The van der Waals surface area contributed by atoms with Crippen molar-refractivity contribution in [3.05, 3.63) is 48.0 Å². The summed E-state index contributed by atoms with van der Waals surface area (Å²) >= 11 is 0. The Morgan fingerprint density at radius 2 is 1.85 bits per heavy atom. The van der Waals surface area contributed by atoms with Crippen LogP contribution in [0.15, 0.2) is 42.5 Å². The van der Waals surface area contributed by atoms with Gasteiger partial charge in [-0.05, 0) is 35.1 Å². The van der Waals surface area contributed by atoms with Crippen molar-refractivity contribution in [1.29, 1.82) is 0 Å². The van der Waals surface area contributed by atoms with Gasteiger partial charge in [-0.3, -0.25) is 4.79 Å². The molecule has 2 aromatic carbocycles. The first-order chi connectivity index (χ1) is 9.76. The van der Waals surface area contributed by atoms with Crippen molar-refractivity contribution >= 4 is 16.7 Å². The van der Waals surface area contributed by atoms with Gasteiger partial charge < -0.3 is 4.74 Å². The number of esters is 1. The fraction of sp³-hybridized carbons (Fsp3) is 0.389. The molecule has 0 heterocycles. The highest BCUT2D eigenvalue weighted by Gasteiger charge is 2.17. The van der Waals surface area contributed by atoms with Gasteiger partial charge in [0.2, 0.25) is 0 Å². The summed E-state index contributed by atoms with van der Waals surface area (Å²) in [4.78, 5) is 11.9. The Kier molecular flexibility index (Phi) is 5.16. The Labute approximate surface area is 120 Å². The zero-order chi connectivity index (χ0) is 14.4. The van der Waals surface area contributed by atoms with Crippen molar-refractivity contribution < 1.29 is 9.53 Å². The predicted molar refractivity (Wildman–Crippen MR) is 82.8 cm³/mol.